The van der Waals surface area contributed by atoms with Crippen LogP contribution in [0.15, 0.2) is 30.5 Å². The normalized spacial score (nSPS) is 17.5. The molecule has 1 fully saturated rings. The van der Waals surface area contributed by atoms with Crippen LogP contribution in [0.5, 0.6) is 0 Å². The van der Waals surface area contributed by atoms with Gasteiger partial charge in [-0.3, -0.25) is 14.6 Å². The minimum Gasteiger partial charge on any atom is -0.347 e. The number of benzene rings is 1. The highest BCUT2D eigenvalue weighted by Crippen LogP contribution is 2.28. The molecule has 0 radical (unpaired) electrons. The fourth-order valence-corrected chi connectivity index (χ4v) is 3.26. The smallest absolute Gasteiger partial charge is 0.255 e. The third-order valence-electron chi connectivity index (χ3n) is 4.19. The Morgan fingerprint density at radius 3 is 2.83 bits per heavy atom. The largest absolute Gasteiger partial charge is 0.347 e. The summed E-state index contributed by atoms with van der Waals surface area (Å²) in [6.07, 6.45) is 3.18. The second kappa shape index (κ2) is 6.16. The van der Waals surface area contributed by atoms with Gasteiger partial charge < -0.3 is 9.80 Å². The Bertz CT molecular complexity index is 776. The average Bonchev–Trinajstić information content (AvgIpc) is 3.03. The average molecular weight is 332 g/mol. The molecule has 0 bridgehead atoms. The number of fused-ring (bicyclic) bond motifs is 1. The van der Waals surface area contributed by atoms with Crippen molar-refractivity contribution in [2.24, 2.45) is 0 Å². The molecule has 0 aliphatic carbocycles. The lowest BCUT2D eigenvalue weighted by Gasteiger charge is -2.26. The summed E-state index contributed by atoms with van der Waals surface area (Å²) in [5.41, 5.74) is 1.14. The first kappa shape index (κ1) is 15.7. The Hall–Kier alpha value is -2.14. The summed E-state index contributed by atoms with van der Waals surface area (Å²) in [6.45, 7) is 0.591. The van der Waals surface area contributed by atoms with E-state index in [1.54, 1.807) is 43.4 Å². The molecule has 23 heavy (non-hydrogen) atoms. The van der Waals surface area contributed by atoms with E-state index in [0.717, 1.165) is 6.42 Å². The number of hydrogen-bond acceptors (Lipinski definition) is 3. The van der Waals surface area contributed by atoms with Gasteiger partial charge in [0.25, 0.3) is 5.91 Å². The molecule has 1 aromatic carbocycles. The van der Waals surface area contributed by atoms with Crippen molar-refractivity contribution in [1.29, 1.82) is 0 Å². The topological polar surface area (TPSA) is 53.5 Å². The Labute approximate surface area is 139 Å². The molecule has 0 spiro atoms. The zero-order chi connectivity index (χ0) is 16.6. The monoisotopic (exact) mass is 331 g/mol. The Kier molecular flexibility index (Phi) is 4.22. The highest BCUT2D eigenvalue weighted by molar-refractivity contribution is 6.35. The molecule has 120 valence electrons. The maximum Gasteiger partial charge on any atom is 0.255 e. The first-order valence-electron chi connectivity index (χ1n) is 7.56. The second-order valence-electron chi connectivity index (χ2n) is 5.88. The molecular weight excluding hydrogens is 314 g/mol. The zero-order valence-electron chi connectivity index (χ0n) is 13.1. The van der Waals surface area contributed by atoms with E-state index in [4.69, 9.17) is 11.6 Å². The van der Waals surface area contributed by atoms with Gasteiger partial charge in [-0.25, -0.2) is 0 Å². The summed E-state index contributed by atoms with van der Waals surface area (Å²) in [4.78, 5) is 32.8. The number of likely N-dealkylation sites (tertiary alicyclic amines) is 1. The molecule has 1 aromatic heterocycles. The molecule has 1 saturated heterocycles. The van der Waals surface area contributed by atoms with E-state index in [1.165, 1.54) is 4.90 Å². The van der Waals surface area contributed by atoms with Gasteiger partial charge in [0.15, 0.2) is 0 Å². The molecular formula is C17H18ClN3O2. The van der Waals surface area contributed by atoms with E-state index < -0.39 is 0 Å². The van der Waals surface area contributed by atoms with Gasteiger partial charge in [-0.2, -0.15) is 0 Å². The quantitative estimate of drug-likeness (QED) is 0.850. The third kappa shape index (κ3) is 2.77. The van der Waals surface area contributed by atoms with Crippen molar-refractivity contribution in [2.45, 2.75) is 18.9 Å². The summed E-state index contributed by atoms with van der Waals surface area (Å²) in [7, 11) is 3.43. The summed E-state index contributed by atoms with van der Waals surface area (Å²) in [5.74, 6) is -0.176. The van der Waals surface area contributed by atoms with Gasteiger partial charge in [-0.05, 0) is 31.0 Å². The molecule has 5 nitrogen and oxygen atoms in total. The molecule has 0 saturated carbocycles. The lowest BCUT2D eigenvalue weighted by Crippen LogP contribution is -2.45. The number of carbonyl (C=O) groups excluding carboxylic acids is 2. The van der Waals surface area contributed by atoms with Crippen LogP contribution in [0.1, 0.15) is 23.2 Å². The predicted octanol–water partition coefficient (Wildman–Crippen LogP) is 2.58. The van der Waals surface area contributed by atoms with Crippen molar-refractivity contribution in [3.63, 3.8) is 0 Å². The standard InChI is InChI=1S/C17H18ClN3O2/c1-20(2)17(23)14-6-4-10-21(14)16(22)12-7-8-13(18)15-11(12)5-3-9-19-15/h3,5,7-9,14H,4,6,10H2,1-2H3. The number of amides is 2. The van der Waals surface area contributed by atoms with Gasteiger partial charge in [0.1, 0.15) is 6.04 Å². The minimum atomic E-state index is -0.389. The predicted molar refractivity (Wildman–Crippen MR) is 89.5 cm³/mol. The maximum atomic E-state index is 13.0. The Balaban J connectivity index is 2.01. The number of aromatic nitrogens is 1. The molecule has 1 atom stereocenters. The SMILES string of the molecule is CN(C)C(=O)C1CCCN1C(=O)c1ccc(Cl)c2ncccc12. The van der Waals surface area contributed by atoms with Crippen LogP contribution in [0.25, 0.3) is 10.9 Å². The van der Waals surface area contributed by atoms with E-state index in [-0.39, 0.29) is 17.9 Å². The lowest BCUT2D eigenvalue weighted by atomic mass is 10.1. The summed E-state index contributed by atoms with van der Waals surface area (Å²) >= 11 is 6.17. The molecule has 3 rings (SSSR count). The summed E-state index contributed by atoms with van der Waals surface area (Å²) < 4.78 is 0. The van der Waals surface area contributed by atoms with Crippen LogP contribution < -0.4 is 0 Å². The van der Waals surface area contributed by atoms with Crippen LogP contribution in [0.2, 0.25) is 5.02 Å². The van der Waals surface area contributed by atoms with Crippen LogP contribution in [-0.4, -0.2) is 53.3 Å². The molecule has 2 amide bonds. The van der Waals surface area contributed by atoms with Gasteiger partial charge in [-0.1, -0.05) is 17.7 Å². The van der Waals surface area contributed by atoms with Crippen molar-refractivity contribution in [3.8, 4) is 0 Å². The van der Waals surface area contributed by atoms with Crippen molar-refractivity contribution in [2.75, 3.05) is 20.6 Å². The summed E-state index contributed by atoms with van der Waals surface area (Å²) in [5, 5.41) is 1.23. The molecule has 1 aliphatic rings. The van der Waals surface area contributed by atoms with Gasteiger partial charge in [-0.15, -0.1) is 0 Å². The number of likely N-dealkylation sites (N-methyl/N-ethyl adjacent to an activating group) is 1. The molecule has 6 heteroatoms. The van der Waals surface area contributed by atoms with E-state index >= 15 is 0 Å². The molecule has 0 N–H and O–H groups in total. The third-order valence-corrected chi connectivity index (χ3v) is 4.50. The fourth-order valence-electron chi connectivity index (χ4n) is 3.04. The van der Waals surface area contributed by atoms with Crippen LogP contribution in [-0.2, 0) is 4.79 Å². The van der Waals surface area contributed by atoms with Crippen LogP contribution in [0.3, 0.4) is 0 Å². The maximum absolute atomic E-state index is 13.0. The van der Waals surface area contributed by atoms with Crippen molar-refractivity contribution < 1.29 is 9.59 Å². The fraction of sp³-hybridized carbons (Fsp3) is 0.353. The van der Waals surface area contributed by atoms with Crippen molar-refractivity contribution in [3.05, 3.63) is 41.0 Å². The van der Waals surface area contributed by atoms with Crippen molar-refractivity contribution in [1.82, 2.24) is 14.8 Å². The van der Waals surface area contributed by atoms with E-state index in [1.807, 2.05) is 6.07 Å². The molecule has 1 unspecified atom stereocenters. The Morgan fingerprint density at radius 2 is 2.09 bits per heavy atom. The number of hydrogen-bond donors (Lipinski definition) is 0. The minimum absolute atomic E-state index is 0.0350. The highest BCUT2D eigenvalue weighted by Gasteiger charge is 2.35. The number of carbonyl (C=O) groups is 2. The van der Waals surface area contributed by atoms with E-state index in [2.05, 4.69) is 4.98 Å². The van der Waals surface area contributed by atoms with E-state index in [9.17, 15) is 9.59 Å². The first-order valence-corrected chi connectivity index (χ1v) is 7.94. The van der Waals surface area contributed by atoms with Crippen LogP contribution >= 0.6 is 11.6 Å². The second-order valence-corrected chi connectivity index (χ2v) is 6.29. The number of halogens is 1. The number of nitrogens with zero attached hydrogens (tertiary/aromatic N) is 3. The van der Waals surface area contributed by atoms with Crippen LogP contribution in [0, 0.1) is 0 Å². The van der Waals surface area contributed by atoms with Gasteiger partial charge in [0.05, 0.1) is 10.5 Å². The molecule has 2 aromatic rings. The molecule has 1 aliphatic heterocycles. The van der Waals surface area contributed by atoms with Gasteiger partial charge in [0.2, 0.25) is 5.91 Å². The number of rotatable bonds is 2. The van der Waals surface area contributed by atoms with Gasteiger partial charge in [0, 0.05) is 37.8 Å². The molecule has 2 heterocycles. The van der Waals surface area contributed by atoms with E-state index in [0.29, 0.717) is 34.5 Å². The highest BCUT2D eigenvalue weighted by atomic mass is 35.5. The Morgan fingerprint density at radius 1 is 1.30 bits per heavy atom. The summed E-state index contributed by atoms with van der Waals surface area (Å²) in [6, 6.07) is 6.62. The van der Waals surface area contributed by atoms with Crippen LogP contribution in [0.4, 0.5) is 0 Å². The zero-order valence-corrected chi connectivity index (χ0v) is 13.9. The van der Waals surface area contributed by atoms with Crippen molar-refractivity contribution >= 4 is 34.3 Å². The first-order chi connectivity index (χ1) is 11.0. The lowest BCUT2D eigenvalue weighted by molar-refractivity contribution is -0.132. The van der Waals surface area contributed by atoms with Gasteiger partial charge >= 0.3 is 0 Å². The number of pyridine rings is 1.